The number of aliphatic hydroxyl groups excluding tert-OH is 1. The Bertz CT molecular complexity index is 376. The van der Waals surface area contributed by atoms with Gasteiger partial charge in [0, 0.05) is 0 Å². The van der Waals surface area contributed by atoms with Crippen molar-refractivity contribution in [2.24, 2.45) is 0 Å². The zero-order valence-corrected chi connectivity index (χ0v) is 9.57. The first-order valence-corrected chi connectivity index (χ1v) is 5.72. The highest BCUT2D eigenvalue weighted by atomic mass is 35.5. The van der Waals surface area contributed by atoms with Gasteiger partial charge < -0.3 is 10.4 Å². The smallest absolute Gasteiger partial charge is 0.243 e. The van der Waals surface area contributed by atoms with E-state index in [4.69, 9.17) is 16.7 Å². The molecule has 0 radical (unpaired) electrons. The van der Waals surface area contributed by atoms with Crippen molar-refractivity contribution >= 4 is 17.5 Å². The number of hydrogen-bond acceptors (Lipinski definition) is 2. The third-order valence-corrected chi connectivity index (χ3v) is 3.32. The summed E-state index contributed by atoms with van der Waals surface area (Å²) in [6.45, 7) is -0.0167. The van der Waals surface area contributed by atoms with Crippen LogP contribution in [0.3, 0.4) is 0 Å². The van der Waals surface area contributed by atoms with E-state index in [1.807, 2.05) is 30.3 Å². The largest absolute Gasteiger partial charge is 0.394 e. The summed E-state index contributed by atoms with van der Waals surface area (Å²) in [4.78, 5) is 11.8. The maximum absolute atomic E-state index is 11.8. The average molecular weight is 240 g/mol. The fourth-order valence-corrected chi connectivity index (χ4v) is 1.77. The molecule has 1 aromatic carbocycles. The molecule has 0 aliphatic heterocycles. The zero-order valence-electron chi connectivity index (χ0n) is 8.82. The van der Waals surface area contributed by atoms with Gasteiger partial charge in [-0.05, 0) is 18.4 Å². The predicted molar refractivity (Wildman–Crippen MR) is 62.2 cm³/mol. The molecular weight excluding hydrogens is 226 g/mol. The Kier molecular flexibility index (Phi) is 3.17. The van der Waals surface area contributed by atoms with Crippen LogP contribution in [0.25, 0.3) is 0 Å². The average Bonchev–Trinajstić information content (AvgIpc) is 3.09. The van der Waals surface area contributed by atoms with E-state index in [-0.39, 0.29) is 12.5 Å². The van der Waals surface area contributed by atoms with Crippen molar-refractivity contribution in [3.8, 4) is 0 Å². The summed E-state index contributed by atoms with van der Waals surface area (Å²) in [6.07, 6.45) is 1.65. The number of carbonyl (C=O) groups is 1. The minimum absolute atomic E-state index is 0.0167. The van der Waals surface area contributed by atoms with Crippen LogP contribution in [0.5, 0.6) is 0 Å². The fraction of sp³-hybridized carbons (Fsp3) is 0.417. The summed E-state index contributed by atoms with van der Waals surface area (Å²) < 4.78 is 0. The van der Waals surface area contributed by atoms with Gasteiger partial charge >= 0.3 is 0 Å². The number of halogens is 1. The van der Waals surface area contributed by atoms with Gasteiger partial charge in [-0.3, -0.25) is 4.79 Å². The topological polar surface area (TPSA) is 49.3 Å². The number of amides is 1. The molecule has 16 heavy (non-hydrogen) atoms. The van der Waals surface area contributed by atoms with Crippen LogP contribution in [0, 0.1) is 0 Å². The molecule has 2 rings (SSSR count). The maximum atomic E-state index is 11.8. The minimum atomic E-state index is -0.690. The molecular formula is C12H14ClNO2. The number of nitrogens with one attached hydrogen (secondary N) is 1. The molecule has 1 aliphatic carbocycles. The Balaban J connectivity index is 2.00. The minimum Gasteiger partial charge on any atom is -0.394 e. The molecule has 1 fully saturated rings. The third-order valence-electron chi connectivity index (χ3n) is 2.87. The summed E-state index contributed by atoms with van der Waals surface area (Å²) in [5.41, 5.74) is 0.370. The first kappa shape index (κ1) is 11.4. The van der Waals surface area contributed by atoms with Gasteiger partial charge in [-0.25, -0.2) is 0 Å². The van der Waals surface area contributed by atoms with E-state index in [9.17, 15) is 4.79 Å². The molecule has 4 heteroatoms. The molecule has 0 spiro atoms. The zero-order chi connectivity index (χ0) is 11.6. The first-order valence-electron chi connectivity index (χ1n) is 5.29. The SMILES string of the molecule is O=C(NC1(CO)CC1)C(Cl)c1ccccc1. The summed E-state index contributed by atoms with van der Waals surface area (Å²) >= 11 is 6.05. The number of benzene rings is 1. The second-order valence-electron chi connectivity index (χ2n) is 4.20. The molecule has 86 valence electrons. The molecule has 2 N–H and O–H groups in total. The van der Waals surface area contributed by atoms with Gasteiger partial charge in [-0.2, -0.15) is 0 Å². The number of rotatable bonds is 4. The number of hydrogen-bond donors (Lipinski definition) is 2. The van der Waals surface area contributed by atoms with Crippen molar-refractivity contribution in [2.75, 3.05) is 6.61 Å². The monoisotopic (exact) mass is 239 g/mol. The molecule has 1 aromatic rings. The Morgan fingerprint density at radius 2 is 2.06 bits per heavy atom. The molecule has 0 saturated heterocycles. The highest BCUT2D eigenvalue weighted by molar-refractivity contribution is 6.30. The number of alkyl halides is 1. The van der Waals surface area contributed by atoms with E-state index in [0.29, 0.717) is 0 Å². The van der Waals surface area contributed by atoms with Crippen LogP contribution in [0.2, 0.25) is 0 Å². The molecule has 1 aliphatic rings. The lowest BCUT2D eigenvalue weighted by molar-refractivity contribution is -0.122. The molecule has 1 atom stereocenters. The third kappa shape index (κ3) is 2.36. The Morgan fingerprint density at radius 3 is 2.56 bits per heavy atom. The second-order valence-corrected chi connectivity index (χ2v) is 4.64. The molecule has 0 bridgehead atoms. The van der Waals surface area contributed by atoms with E-state index < -0.39 is 10.9 Å². The standard InChI is InChI=1S/C12H14ClNO2/c13-10(9-4-2-1-3-5-9)11(16)14-12(8-15)6-7-12/h1-5,10,15H,6-8H2,(H,14,16). The number of aliphatic hydroxyl groups is 1. The van der Waals surface area contributed by atoms with Gasteiger partial charge in [0.15, 0.2) is 0 Å². The summed E-state index contributed by atoms with van der Waals surface area (Å²) in [7, 11) is 0. The van der Waals surface area contributed by atoms with E-state index in [1.165, 1.54) is 0 Å². The highest BCUT2D eigenvalue weighted by Gasteiger charge is 2.44. The quantitative estimate of drug-likeness (QED) is 0.785. The van der Waals surface area contributed by atoms with Gasteiger partial charge in [-0.1, -0.05) is 30.3 Å². The summed E-state index contributed by atoms with van der Waals surface area (Å²) in [6, 6.07) is 9.19. The van der Waals surface area contributed by atoms with Gasteiger partial charge in [-0.15, -0.1) is 11.6 Å². The van der Waals surface area contributed by atoms with Crippen LogP contribution in [-0.4, -0.2) is 23.2 Å². The Morgan fingerprint density at radius 1 is 1.44 bits per heavy atom. The van der Waals surface area contributed by atoms with Crippen LogP contribution in [0.4, 0.5) is 0 Å². The van der Waals surface area contributed by atoms with E-state index in [1.54, 1.807) is 0 Å². The van der Waals surface area contributed by atoms with Crippen molar-refractivity contribution in [1.82, 2.24) is 5.32 Å². The molecule has 3 nitrogen and oxygen atoms in total. The van der Waals surface area contributed by atoms with Crippen molar-refractivity contribution in [2.45, 2.75) is 23.8 Å². The molecule has 1 amide bonds. The second kappa shape index (κ2) is 4.44. The van der Waals surface area contributed by atoms with Crippen molar-refractivity contribution in [1.29, 1.82) is 0 Å². The summed E-state index contributed by atoms with van der Waals surface area (Å²) in [5, 5.41) is 11.2. The highest BCUT2D eigenvalue weighted by Crippen LogP contribution is 2.35. The Labute approximate surface area is 99.4 Å². The van der Waals surface area contributed by atoms with Crippen LogP contribution < -0.4 is 5.32 Å². The Hall–Kier alpha value is -1.06. The van der Waals surface area contributed by atoms with Gasteiger partial charge in [0.25, 0.3) is 0 Å². The lowest BCUT2D eigenvalue weighted by Gasteiger charge is -2.17. The molecule has 0 heterocycles. The molecule has 0 aromatic heterocycles. The molecule has 1 saturated carbocycles. The predicted octanol–water partition coefficient (Wildman–Crippen LogP) is 1.61. The number of carbonyl (C=O) groups excluding carboxylic acids is 1. The normalized spacial score (nSPS) is 18.9. The van der Waals surface area contributed by atoms with Gasteiger partial charge in [0.05, 0.1) is 12.1 Å². The van der Waals surface area contributed by atoms with Crippen LogP contribution >= 0.6 is 11.6 Å². The van der Waals surface area contributed by atoms with Crippen LogP contribution in [0.1, 0.15) is 23.8 Å². The lowest BCUT2D eigenvalue weighted by Crippen LogP contribution is -2.41. The first-order chi connectivity index (χ1) is 7.67. The maximum Gasteiger partial charge on any atom is 0.243 e. The fourth-order valence-electron chi connectivity index (χ4n) is 1.57. The van der Waals surface area contributed by atoms with Gasteiger partial charge in [0.2, 0.25) is 5.91 Å². The van der Waals surface area contributed by atoms with Crippen molar-refractivity contribution in [3.63, 3.8) is 0 Å². The van der Waals surface area contributed by atoms with Crippen LogP contribution in [0.15, 0.2) is 30.3 Å². The summed E-state index contributed by atoms with van der Waals surface area (Å²) in [5.74, 6) is -0.237. The van der Waals surface area contributed by atoms with Gasteiger partial charge in [0.1, 0.15) is 5.38 Å². The van der Waals surface area contributed by atoms with Crippen molar-refractivity contribution < 1.29 is 9.90 Å². The van der Waals surface area contributed by atoms with E-state index in [2.05, 4.69) is 5.32 Å². The molecule has 1 unspecified atom stereocenters. The van der Waals surface area contributed by atoms with Crippen LogP contribution in [-0.2, 0) is 4.79 Å². The van der Waals surface area contributed by atoms with E-state index in [0.717, 1.165) is 18.4 Å². The lowest BCUT2D eigenvalue weighted by atomic mass is 10.1. The van der Waals surface area contributed by atoms with E-state index >= 15 is 0 Å². The van der Waals surface area contributed by atoms with Crippen molar-refractivity contribution in [3.05, 3.63) is 35.9 Å².